The zero-order chi connectivity index (χ0) is 22.0. The van der Waals surface area contributed by atoms with Crippen molar-refractivity contribution in [1.82, 2.24) is 19.9 Å². The Balaban J connectivity index is 1.71. The van der Waals surface area contributed by atoms with Gasteiger partial charge in [0.15, 0.2) is 0 Å². The number of pyridine rings is 2. The lowest BCUT2D eigenvalue weighted by Crippen LogP contribution is -2.11. The van der Waals surface area contributed by atoms with Gasteiger partial charge in [-0.25, -0.2) is 15.0 Å². The van der Waals surface area contributed by atoms with Crippen molar-refractivity contribution in [2.75, 3.05) is 5.32 Å². The second kappa shape index (κ2) is 8.71. The van der Waals surface area contributed by atoms with E-state index in [2.05, 4.69) is 27.2 Å². The van der Waals surface area contributed by atoms with Crippen LogP contribution in [0.3, 0.4) is 0 Å². The van der Waals surface area contributed by atoms with Crippen LogP contribution < -0.4 is 5.32 Å². The molecule has 0 saturated heterocycles. The molecule has 0 aliphatic heterocycles. The Morgan fingerprint density at radius 1 is 1.10 bits per heavy atom. The average Bonchev–Trinajstić information content (AvgIpc) is 3.28. The highest BCUT2D eigenvalue weighted by Crippen LogP contribution is 2.35. The van der Waals surface area contributed by atoms with Gasteiger partial charge in [-0.1, -0.05) is 23.2 Å². The number of rotatable bonds is 6. The van der Waals surface area contributed by atoms with Gasteiger partial charge in [-0.05, 0) is 43.3 Å². The summed E-state index contributed by atoms with van der Waals surface area (Å²) in [5, 5.41) is 14.9. The number of H-pyrrole nitrogens is 1. The molecule has 4 rings (SSSR count). The van der Waals surface area contributed by atoms with Crippen LogP contribution in [0.2, 0.25) is 10.0 Å². The summed E-state index contributed by atoms with van der Waals surface area (Å²) in [4.78, 5) is 26.5. The number of aromatic amines is 1. The van der Waals surface area contributed by atoms with Crippen LogP contribution in [0.1, 0.15) is 11.7 Å². The lowest BCUT2D eigenvalue weighted by molar-refractivity contribution is -0.385. The molecule has 3 heterocycles. The molecule has 1 unspecified atom stereocenters. The molecule has 10 heteroatoms. The fourth-order valence-electron chi connectivity index (χ4n) is 2.99. The van der Waals surface area contributed by atoms with Crippen molar-refractivity contribution in [1.29, 1.82) is 0 Å². The largest absolute Gasteiger partial charge is 0.362 e. The first kappa shape index (κ1) is 20.8. The Labute approximate surface area is 187 Å². The molecular formula is C21H15Cl2N6O2. The van der Waals surface area contributed by atoms with E-state index in [-0.39, 0.29) is 5.69 Å². The van der Waals surface area contributed by atoms with Crippen molar-refractivity contribution in [3.8, 4) is 22.6 Å². The first-order valence-corrected chi connectivity index (χ1v) is 9.84. The van der Waals surface area contributed by atoms with E-state index in [1.165, 1.54) is 18.3 Å². The normalized spacial score (nSPS) is 11.8. The van der Waals surface area contributed by atoms with Crippen molar-refractivity contribution >= 4 is 34.7 Å². The van der Waals surface area contributed by atoms with E-state index in [4.69, 9.17) is 28.2 Å². The van der Waals surface area contributed by atoms with Gasteiger partial charge in [-0.3, -0.25) is 10.1 Å². The van der Waals surface area contributed by atoms with Crippen molar-refractivity contribution in [3.05, 3.63) is 93.8 Å². The Kier molecular flexibility index (Phi) is 5.83. The van der Waals surface area contributed by atoms with E-state index in [1.807, 2.05) is 12.1 Å². The van der Waals surface area contributed by atoms with Gasteiger partial charge < -0.3 is 10.3 Å². The van der Waals surface area contributed by atoms with E-state index in [9.17, 15) is 10.1 Å². The smallest absolute Gasteiger partial charge is 0.287 e. The molecule has 2 N–H and O–H groups in total. The minimum absolute atomic E-state index is 0.0910. The van der Waals surface area contributed by atoms with Crippen LogP contribution in [0.5, 0.6) is 0 Å². The van der Waals surface area contributed by atoms with E-state index in [0.29, 0.717) is 38.6 Å². The second-order valence-corrected chi connectivity index (χ2v) is 7.39. The molecule has 3 aromatic heterocycles. The minimum Gasteiger partial charge on any atom is -0.362 e. The summed E-state index contributed by atoms with van der Waals surface area (Å²) in [6, 6.07) is 11.3. The van der Waals surface area contributed by atoms with Crippen molar-refractivity contribution in [3.63, 3.8) is 0 Å². The second-order valence-electron chi connectivity index (χ2n) is 6.55. The maximum absolute atomic E-state index is 10.8. The highest BCUT2D eigenvalue weighted by molar-refractivity contribution is 6.36. The topological polar surface area (TPSA) is 110 Å². The maximum Gasteiger partial charge on any atom is 0.287 e. The van der Waals surface area contributed by atoms with Crippen molar-refractivity contribution in [2.45, 2.75) is 6.04 Å². The molecule has 155 valence electrons. The van der Waals surface area contributed by atoms with Crippen LogP contribution in [0, 0.1) is 17.0 Å². The quantitative estimate of drug-likeness (QED) is 0.284. The van der Waals surface area contributed by atoms with Gasteiger partial charge in [0.2, 0.25) is 0 Å². The number of hydrogen-bond donors (Lipinski definition) is 2. The number of nitro groups is 1. The van der Waals surface area contributed by atoms with E-state index >= 15 is 0 Å². The van der Waals surface area contributed by atoms with E-state index < -0.39 is 11.0 Å². The van der Waals surface area contributed by atoms with Gasteiger partial charge in [0.25, 0.3) is 5.69 Å². The summed E-state index contributed by atoms with van der Waals surface area (Å²) in [6.07, 6.45) is 4.56. The molecule has 0 saturated carbocycles. The molecule has 0 aliphatic carbocycles. The average molecular weight is 454 g/mol. The fraction of sp³-hybridized carbons (Fsp3) is 0.0476. The Morgan fingerprint density at radius 3 is 2.55 bits per heavy atom. The van der Waals surface area contributed by atoms with Gasteiger partial charge in [-0.2, -0.15) is 0 Å². The van der Waals surface area contributed by atoms with Gasteiger partial charge in [-0.15, -0.1) is 0 Å². The molecule has 0 bridgehead atoms. The third-order valence-corrected chi connectivity index (χ3v) is 5.04. The molecule has 1 atom stereocenters. The molecule has 1 radical (unpaired) electrons. The summed E-state index contributed by atoms with van der Waals surface area (Å²) in [6.45, 7) is 4.10. The summed E-state index contributed by atoms with van der Waals surface area (Å²) in [7, 11) is 0. The molecule has 31 heavy (non-hydrogen) atoms. The van der Waals surface area contributed by atoms with Crippen LogP contribution in [-0.4, -0.2) is 24.9 Å². The summed E-state index contributed by atoms with van der Waals surface area (Å²) < 4.78 is 0. The standard InChI is InChI=1S/C21H15Cl2N6O2/c1-12(27-19-7-3-14(11-26-19)29(30)31)18-6-5-16(21-24-8-9-25-21)20(28-18)15-4-2-13(22)10-17(15)23/h2-12H,1H2,(H,24,25)(H,26,27). The van der Waals surface area contributed by atoms with Crippen molar-refractivity contribution < 1.29 is 4.92 Å². The Hall–Kier alpha value is -3.49. The Morgan fingerprint density at radius 2 is 1.90 bits per heavy atom. The van der Waals surface area contributed by atoms with Crippen molar-refractivity contribution in [2.24, 2.45) is 0 Å². The number of nitrogens with one attached hydrogen (secondary N) is 2. The lowest BCUT2D eigenvalue weighted by Gasteiger charge is -2.17. The lowest BCUT2D eigenvalue weighted by atomic mass is 10.0. The first-order chi connectivity index (χ1) is 14.9. The number of halogens is 2. The number of aromatic nitrogens is 4. The van der Waals surface area contributed by atoms with Crippen LogP contribution in [-0.2, 0) is 0 Å². The number of benzene rings is 1. The van der Waals surface area contributed by atoms with Crippen LogP contribution in [0.4, 0.5) is 11.5 Å². The van der Waals surface area contributed by atoms with Gasteiger partial charge >= 0.3 is 0 Å². The van der Waals surface area contributed by atoms with Gasteiger partial charge in [0, 0.05) is 34.6 Å². The summed E-state index contributed by atoms with van der Waals surface area (Å²) in [5.74, 6) is 1.08. The van der Waals surface area contributed by atoms with E-state index in [0.717, 1.165) is 5.56 Å². The number of nitrogens with zero attached hydrogens (tertiary/aromatic N) is 4. The zero-order valence-corrected chi connectivity index (χ0v) is 17.4. The van der Waals surface area contributed by atoms with Crippen LogP contribution in [0.15, 0.2) is 61.1 Å². The minimum atomic E-state index is -0.504. The first-order valence-electron chi connectivity index (χ1n) is 9.08. The Bertz CT molecular complexity index is 1230. The predicted molar refractivity (Wildman–Crippen MR) is 120 cm³/mol. The fourth-order valence-corrected chi connectivity index (χ4v) is 3.49. The predicted octanol–water partition coefficient (Wildman–Crippen LogP) is 5.74. The molecule has 0 spiro atoms. The van der Waals surface area contributed by atoms with Crippen LogP contribution in [0.25, 0.3) is 22.6 Å². The summed E-state index contributed by atoms with van der Waals surface area (Å²) in [5.41, 5.74) is 2.60. The molecule has 4 aromatic rings. The van der Waals surface area contributed by atoms with Gasteiger partial charge in [0.05, 0.1) is 27.4 Å². The number of hydrogen-bond acceptors (Lipinski definition) is 6. The molecule has 0 aliphatic rings. The number of anilines is 1. The highest BCUT2D eigenvalue weighted by atomic mass is 35.5. The van der Waals surface area contributed by atoms with Crippen LogP contribution >= 0.6 is 23.2 Å². The molecule has 8 nitrogen and oxygen atoms in total. The molecule has 0 fully saturated rings. The third-order valence-electron chi connectivity index (χ3n) is 4.49. The third kappa shape index (κ3) is 4.50. The highest BCUT2D eigenvalue weighted by Gasteiger charge is 2.18. The zero-order valence-electron chi connectivity index (χ0n) is 15.9. The molecule has 1 aromatic carbocycles. The monoisotopic (exact) mass is 453 g/mol. The van der Waals surface area contributed by atoms with Gasteiger partial charge in [0.1, 0.15) is 17.8 Å². The SMILES string of the molecule is [CH2]C(Nc1ccc([N+](=O)[O-])cn1)c1ccc(-c2ncc[nH]2)c(-c2ccc(Cl)cc2Cl)n1. The maximum atomic E-state index is 10.8. The molecular weight excluding hydrogens is 439 g/mol. The summed E-state index contributed by atoms with van der Waals surface area (Å²) >= 11 is 12.5. The number of imidazole rings is 1. The van der Waals surface area contributed by atoms with E-state index in [1.54, 1.807) is 30.6 Å². The molecule has 0 amide bonds.